The molecule has 1 heterocycles. The van der Waals surface area contributed by atoms with Gasteiger partial charge in [-0.15, -0.1) is 11.8 Å². The highest BCUT2D eigenvalue weighted by molar-refractivity contribution is 7.98. The molecule has 0 aromatic carbocycles. The summed E-state index contributed by atoms with van der Waals surface area (Å²) in [7, 11) is -1.00. The molecule has 0 saturated heterocycles. The standard InChI is InChI=1S/C12H21NO2SSi/c1-16-12-7-5-6-11(13-12)15-10-14-8-9-17(2,3)4/h5-7H,8-10H2,1-4H3. The molecule has 96 valence electrons. The molecule has 1 rings (SSSR count). The van der Waals surface area contributed by atoms with Crippen LogP contribution in [0.3, 0.4) is 0 Å². The number of rotatable bonds is 7. The van der Waals surface area contributed by atoms with Gasteiger partial charge in [-0.1, -0.05) is 25.7 Å². The van der Waals surface area contributed by atoms with Crippen LogP contribution in [0.25, 0.3) is 0 Å². The third kappa shape index (κ3) is 6.70. The fraction of sp³-hybridized carbons (Fsp3) is 0.583. The average Bonchev–Trinajstić information content (AvgIpc) is 2.27. The van der Waals surface area contributed by atoms with E-state index >= 15 is 0 Å². The second kappa shape index (κ2) is 7.03. The Morgan fingerprint density at radius 2 is 2.06 bits per heavy atom. The molecule has 0 fully saturated rings. The van der Waals surface area contributed by atoms with Crippen LogP contribution in [0.4, 0.5) is 0 Å². The van der Waals surface area contributed by atoms with E-state index in [-0.39, 0.29) is 6.79 Å². The maximum absolute atomic E-state index is 5.45. The minimum Gasteiger partial charge on any atom is -0.451 e. The van der Waals surface area contributed by atoms with E-state index in [1.54, 1.807) is 11.8 Å². The largest absolute Gasteiger partial charge is 0.451 e. The van der Waals surface area contributed by atoms with Gasteiger partial charge in [0.15, 0.2) is 6.79 Å². The monoisotopic (exact) mass is 271 g/mol. The van der Waals surface area contributed by atoms with E-state index in [0.29, 0.717) is 5.88 Å². The van der Waals surface area contributed by atoms with Crippen molar-refractivity contribution in [2.45, 2.75) is 30.7 Å². The average molecular weight is 271 g/mol. The number of nitrogens with zero attached hydrogens (tertiary/aromatic N) is 1. The van der Waals surface area contributed by atoms with Crippen molar-refractivity contribution >= 4 is 19.8 Å². The van der Waals surface area contributed by atoms with E-state index in [4.69, 9.17) is 9.47 Å². The van der Waals surface area contributed by atoms with Crippen molar-refractivity contribution in [3.63, 3.8) is 0 Å². The first-order chi connectivity index (χ1) is 8.01. The molecule has 0 bridgehead atoms. The Morgan fingerprint density at radius 1 is 1.29 bits per heavy atom. The zero-order chi connectivity index (χ0) is 12.7. The van der Waals surface area contributed by atoms with E-state index in [1.807, 2.05) is 24.5 Å². The lowest BCUT2D eigenvalue weighted by atomic mass is 10.5. The van der Waals surface area contributed by atoms with Crippen molar-refractivity contribution in [3.05, 3.63) is 18.2 Å². The van der Waals surface area contributed by atoms with Gasteiger partial charge in [-0.3, -0.25) is 0 Å². The van der Waals surface area contributed by atoms with Crippen LogP contribution in [0.5, 0.6) is 5.88 Å². The van der Waals surface area contributed by atoms with E-state index in [2.05, 4.69) is 24.6 Å². The number of hydrogen-bond donors (Lipinski definition) is 0. The third-order valence-electron chi connectivity index (χ3n) is 2.19. The van der Waals surface area contributed by atoms with Crippen LogP contribution in [0.2, 0.25) is 25.7 Å². The quantitative estimate of drug-likeness (QED) is 0.329. The van der Waals surface area contributed by atoms with Crippen LogP contribution >= 0.6 is 11.8 Å². The summed E-state index contributed by atoms with van der Waals surface area (Å²) < 4.78 is 10.9. The van der Waals surface area contributed by atoms with Crippen molar-refractivity contribution in [2.75, 3.05) is 19.7 Å². The van der Waals surface area contributed by atoms with Crippen molar-refractivity contribution in [1.82, 2.24) is 4.98 Å². The Hall–Kier alpha value is -0.523. The van der Waals surface area contributed by atoms with E-state index in [9.17, 15) is 0 Å². The summed E-state index contributed by atoms with van der Waals surface area (Å²) in [5.41, 5.74) is 0. The molecule has 0 unspecified atom stereocenters. The summed E-state index contributed by atoms with van der Waals surface area (Å²) in [6, 6.07) is 6.91. The Balaban J connectivity index is 2.22. The van der Waals surface area contributed by atoms with Gasteiger partial charge >= 0.3 is 0 Å². The van der Waals surface area contributed by atoms with Gasteiger partial charge in [-0.05, 0) is 18.4 Å². The van der Waals surface area contributed by atoms with Gasteiger partial charge in [0.25, 0.3) is 0 Å². The van der Waals surface area contributed by atoms with Crippen molar-refractivity contribution in [1.29, 1.82) is 0 Å². The zero-order valence-corrected chi connectivity index (χ0v) is 12.8. The molecule has 0 amide bonds. The molecular weight excluding hydrogens is 250 g/mol. The minimum absolute atomic E-state index is 0.287. The van der Waals surface area contributed by atoms with Crippen LogP contribution in [-0.2, 0) is 4.74 Å². The highest BCUT2D eigenvalue weighted by Crippen LogP contribution is 2.15. The summed E-state index contributed by atoms with van der Waals surface area (Å²) in [4.78, 5) is 4.31. The van der Waals surface area contributed by atoms with Crippen LogP contribution < -0.4 is 4.74 Å². The lowest BCUT2D eigenvalue weighted by molar-refractivity contribution is 0.0190. The maximum Gasteiger partial charge on any atom is 0.216 e. The number of pyridine rings is 1. The molecule has 3 nitrogen and oxygen atoms in total. The van der Waals surface area contributed by atoms with Crippen molar-refractivity contribution in [3.8, 4) is 5.88 Å². The third-order valence-corrected chi connectivity index (χ3v) is 4.54. The van der Waals surface area contributed by atoms with Crippen LogP contribution in [0.15, 0.2) is 23.2 Å². The van der Waals surface area contributed by atoms with Gasteiger partial charge in [-0.25, -0.2) is 4.98 Å². The zero-order valence-electron chi connectivity index (χ0n) is 11.0. The number of hydrogen-bond acceptors (Lipinski definition) is 4. The Bertz CT molecular complexity index is 342. The van der Waals surface area contributed by atoms with Gasteiger partial charge in [0, 0.05) is 20.7 Å². The number of ether oxygens (including phenoxy) is 2. The van der Waals surface area contributed by atoms with E-state index in [0.717, 1.165) is 17.7 Å². The fourth-order valence-electron chi connectivity index (χ4n) is 1.13. The molecule has 0 N–H and O–H groups in total. The van der Waals surface area contributed by atoms with Crippen molar-refractivity contribution < 1.29 is 9.47 Å². The highest BCUT2D eigenvalue weighted by Gasteiger charge is 2.11. The van der Waals surface area contributed by atoms with E-state index < -0.39 is 8.07 Å². The molecule has 0 radical (unpaired) electrons. The molecule has 1 aromatic heterocycles. The van der Waals surface area contributed by atoms with Crippen molar-refractivity contribution in [2.24, 2.45) is 0 Å². The van der Waals surface area contributed by atoms with Crippen LogP contribution in [0.1, 0.15) is 0 Å². The normalized spacial score (nSPS) is 11.5. The first-order valence-corrected chi connectivity index (χ1v) is 10.7. The summed E-state index contributed by atoms with van der Waals surface area (Å²) in [5, 5.41) is 0.963. The predicted molar refractivity (Wildman–Crippen MR) is 75.6 cm³/mol. The Labute approximate surface area is 109 Å². The number of aromatic nitrogens is 1. The lowest BCUT2D eigenvalue weighted by Gasteiger charge is -2.15. The van der Waals surface area contributed by atoms with Crippen LogP contribution in [-0.4, -0.2) is 32.7 Å². The molecule has 5 heteroatoms. The predicted octanol–water partition coefficient (Wildman–Crippen LogP) is 3.49. The van der Waals surface area contributed by atoms with Gasteiger partial charge in [0.05, 0.1) is 5.03 Å². The molecule has 0 aliphatic rings. The van der Waals surface area contributed by atoms with Gasteiger partial charge in [-0.2, -0.15) is 0 Å². The molecule has 0 atom stereocenters. The molecule has 0 aliphatic carbocycles. The first kappa shape index (κ1) is 14.5. The van der Waals surface area contributed by atoms with E-state index in [1.165, 1.54) is 0 Å². The number of thioether (sulfide) groups is 1. The Kier molecular flexibility index (Phi) is 6.01. The highest BCUT2D eigenvalue weighted by atomic mass is 32.2. The summed E-state index contributed by atoms with van der Waals surface area (Å²) in [5.74, 6) is 0.629. The second-order valence-corrected chi connectivity index (χ2v) is 11.4. The summed E-state index contributed by atoms with van der Waals surface area (Å²) >= 11 is 1.60. The molecule has 0 saturated carbocycles. The molecule has 17 heavy (non-hydrogen) atoms. The topological polar surface area (TPSA) is 31.4 Å². The fourth-order valence-corrected chi connectivity index (χ4v) is 2.28. The van der Waals surface area contributed by atoms with Gasteiger partial charge in [0.2, 0.25) is 5.88 Å². The lowest BCUT2D eigenvalue weighted by Crippen LogP contribution is -2.22. The second-order valence-electron chi connectivity index (χ2n) is 5.00. The molecule has 1 aromatic rings. The molecule has 0 spiro atoms. The first-order valence-electron chi connectivity index (χ1n) is 5.73. The van der Waals surface area contributed by atoms with Gasteiger partial charge in [0.1, 0.15) is 0 Å². The SMILES string of the molecule is CSc1cccc(OCOCC[Si](C)(C)C)n1. The van der Waals surface area contributed by atoms with Gasteiger partial charge < -0.3 is 9.47 Å². The molecule has 0 aliphatic heterocycles. The maximum atomic E-state index is 5.45. The summed E-state index contributed by atoms with van der Waals surface area (Å²) in [6.45, 7) is 8.06. The molecular formula is C12H21NO2SSi. The minimum atomic E-state index is -1.00. The summed E-state index contributed by atoms with van der Waals surface area (Å²) in [6.07, 6.45) is 2.00. The smallest absolute Gasteiger partial charge is 0.216 e. The Morgan fingerprint density at radius 3 is 2.71 bits per heavy atom. The van der Waals surface area contributed by atoms with Crippen LogP contribution in [0, 0.1) is 0 Å².